The van der Waals surface area contributed by atoms with E-state index in [0.29, 0.717) is 57.8 Å². The fourth-order valence-corrected chi connectivity index (χ4v) is 17.0. The number of benzene rings is 1. The first-order chi connectivity index (χ1) is 40.9. The van der Waals surface area contributed by atoms with Crippen LogP contribution in [0.15, 0.2) is 36.4 Å². The Kier molecular flexibility index (Phi) is 20.7. The maximum absolute atomic E-state index is 13.6. The van der Waals surface area contributed by atoms with Crippen LogP contribution in [0.5, 0.6) is 0 Å². The van der Waals surface area contributed by atoms with Crippen molar-refractivity contribution >= 4 is 17.8 Å². The number of hydrogen-bond donors (Lipinski definition) is 7. The number of ether oxygens (including phenoxy) is 14. The fourth-order valence-electron chi connectivity index (χ4n) is 17.0. The lowest BCUT2D eigenvalue weighted by atomic mass is 9.40. The molecule has 4 aliphatic carbocycles. The molecule has 486 valence electrons. The van der Waals surface area contributed by atoms with E-state index < -0.39 is 182 Å². The highest BCUT2D eigenvalue weighted by molar-refractivity contribution is 5.87. The summed E-state index contributed by atoms with van der Waals surface area (Å²) in [6.07, 6.45) is -10.9. The van der Waals surface area contributed by atoms with Crippen LogP contribution in [0.3, 0.4) is 0 Å². The molecule has 0 radical (unpaired) electrons. The molecule has 10 rings (SSSR count). The molecule has 9 aliphatic rings. The van der Waals surface area contributed by atoms with Gasteiger partial charge < -0.3 is 102 Å². The highest BCUT2D eigenvalue weighted by atomic mass is 16.8. The molecule has 0 aromatic heterocycles. The maximum Gasteiger partial charge on any atom is 0.331 e. The number of carbonyl (C=O) groups excluding carboxylic acids is 2. The molecule has 0 amide bonds. The summed E-state index contributed by atoms with van der Waals surface area (Å²) in [7, 11) is 4.72. The zero-order valence-corrected chi connectivity index (χ0v) is 51.4. The molecule has 23 nitrogen and oxygen atoms in total. The van der Waals surface area contributed by atoms with E-state index >= 15 is 0 Å². The summed E-state index contributed by atoms with van der Waals surface area (Å²) in [5.74, 6) is -1.52. The first kappa shape index (κ1) is 66.2. The predicted octanol–water partition coefficient (Wildman–Crippen LogP) is 3.37. The van der Waals surface area contributed by atoms with Crippen LogP contribution in [0.1, 0.15) is 131 Å². The van der Waals surface area contributed by atoms with Gasteiger partial charge in [0.1, 0.15) is 66.3 Å². The summed E-state index contributed by atoms with van der Waals surface area (Å²) < 4.78 is 87.7. The molecule has 0 spiro atoms. The normalized spacial score (nSPS) is 49.8. The van der Waals surface area contributed by atoms with Gasteiger partial charge in [-0.2, -0.15) is 0 Å². The van der Waals surface area contributed by atoms with E-state index in [-0.39, 0.29) is 37.1 Å². The van der Waals surface area contributed by atoms with Crippen LogP contribution in [0.4, 0.5) is 0 Å². The van der Waals surface area contributed by atoms with Crippen molar-refractivity contribution in [2.24, 2.45) is 28.6 Å². The molecule has 1 aromatic carbocycles. The number of aliphatic hydroxyl groups excluding tert-OH is 5. The maximum atomic E-state index is 13.6. The Labute approximate surface area is 504 Å². The summed E-state index contributed by atoms with van der Waals surface area (Å²) in [6, 6.07) is 9.45. The van der Waals surface area contributed by atoms with Gasteiger partial charge in [-0.15, -0.1) is 0 Å². The number of esters is 1. The molecule has 0 unspecified atom stereocenters. The highest BCUT2D eigenvalue weighted by Crippen LogP contribution is 2.71. The molecular formula is C63H96O23. The summed E-state index contributed by atoms with van der Waals surface area (Å²) in [5, 5.41) is 78.4. The smallest absolute Gasteiger partial charge is 0.331 e. The van der Waals surface area contributed by atoms with Crippen molar-refractivity contribution in [1.82, 2.24) is 0 Å². The fraction of sp³-hybridized carbons (Fsp3) is 0.841. The number of hydrogen-bond acceptors (Lipinski definition) is 23. The van der Waals surface area contributed by atoms with Crippen LogP contribution in [-0.4, -0.2) is 228 Å². The third kappa shape index (κ3) is 12.6. The topological polar surface area (TPSA) is 305 Å². The molecule has 5 aliphatic heterocycles. The third-order valence-electron chi connectivity index (χ3n) is 21.8. The highest BCUT2D eigenvalue weighted by Gasteiger charge is 2.78. The number of aliphatic hydroxyl groups is 7. The number of Topliss-reactive ketones (excluding diaryl/α,β-unsaturated/α-hetero) is 1. The van der Waals surface area contributed by atoms with E-state index in [2.05, 4.69) is 6.92 Å². The Morgan fingerprint density at radius 1 is 0.616 bits per heavy atom. The van der Waals surface area contributed by atoms with Crippen molar-refractivity contribution in [3.8, 4) is 0 Å². The van der Waals surface area contributed by atoms with E-state index in [1.807, 2.05) is 51.1 Å². The van der Waals surface area contributed by atoms with E-state index in [1.54, 1.807) is 34.1 Å². The second-order valence-electron chi connectivity index (χ2n) is 26.5. The largest absolute Gasteiger partial charge is 0.458 e. The van der Waals surface area contributed by atoms with Crippen molar-refractivity contribution < 1.29 is 112 Å². The molecule has 30 atom stereocenters. The summed E-state index contributed by atoms with van der Waals surface area (Å²) in [6.45, 7) is 12.3. The number of rotatable bonds is 18. The van der Waals surface area contributed by atoms with Crippen molar-refractivity contribution in [2.45, 2.75) is 278 Å². The monoisotopic (exact) mass is 1220 g/mol. The molecule has 9 fully saturated rings. The van der Waals surface area contributed by atoms with Crippen molar-refractivity contribution in [2.75, 3.05) is 27.9 Å². The van der Waals surface area contributed by atoms with Crippen LogP contribution in [0, 0.1) is 28.6 Å². The zero-order chi connectivity index (χ0) is 61.8. The lowest BCUT2D eigenvalue weighted by molar-refractivity contribution is -0.358. The molecule has 4 saturated carbocycles. The molecule has 86 heavy (non-hydrogen) atoms. The van der Waals surface area contributed by atoms with Crippen LogP contribution < -0.4 is 0 Å². The van der Waals surface area contributed by atoms with Crippen LogP contribution in [-0.2, 0) is 75.9 Å². The minimum absolute atomic E-state index is 0.0641. The minimum atomic E-state index is -1.66. The van der Waals surface area contributed by atoms with Gasteiger partial charge in [0.25, 0.3) is 0 Å². The number of ketones is 1. The Balaban J connectivity index is 0.706. The first-order valence-corrected chi connectivity index (χ1v) is 31.2. The minimum Gasteiger partial charge on any atom is -0.458 e. The standard InChI is InChI=1S/C63H96O23/c1-31(65)39-20-23-63(72)61(39,7)46(82-47(67)17-16-36-14-12-11-13-15-36)29-45-60(6)21-19-38(24-37(60)18-22-62(45,63)71)80-49-26-41(73-8)57(33(3)77-49)85-51-27-42(74-9)56(34(4)78-51)84-48-25-40(66)55(32(2)76-48)83-50-28-43(75-10)58(35(5)79-50)86-59-54(70)53(69)52(68)44(30-64)81-59/h11-17,32-35,37-46,48-59,64,66,68-72H,18-30H2,1-10H3/b17-16+/t32-,33-,34-,35-,37+,38+,39+,40+,41+,42+,43-,44-,45-,46-,48+,49+,50+,51+,52-,53+,54-,55-,56-,57-,58-,59+,60+,61+,62+,63-/m1/s1. The molecule has 1 aromatic rings. The van der Waals surface area contributed by atoms with E-state index in [0.717, 1.165) is 5.56 Å². The quantitative estimate of drug-likeness (QED) is 0.0630. The van der Waals surface area contributed by atoms with Gasteiger partial charge >= 0.3 is 5.97 Å². The first-order valence-electron chi connectivity index (χ1n) is 31.2. The Morgan fingerprint density at radius 3 is 1.70 bits per heavy atom. The number of methoxy groups -OCH3 is 3. The second kappa shape index (κ2) is 26.9. The number of carbonyl (C=O) groups is 2. The van der Waals surface area contributed by atoms with E-state index in [9.17, 15) is 45.3 Å². The Bertz CT molecular complexity index is 2440. The van der Waals surface area contributed by atoms with E-state index in [4.69, 9.17) is 66.3 Å². The van der Waals surface area contributed by atoms with Gasteiger partial charge in [0.15, 0.2) is 31.5 Å². The van der Waals surface area contributed by atoms with Gasteiger partial charge in [-0.05, 0) is 115 Å². The Hall–Kier alpha value is -2.70. The Morgan fingerprint density at radius 2 is 1.15 bits per heavy atom. The van der Waals surface area contributed by atoms with Gasteiger partial charge in [-0.25, -0.2) is 4.79 Å². The van der Waals surface area contributed by atoms with Crippen LogP contribution in [0.2, 0.25) is 0 Å². The molecule has 0 bridgehead atoms. The van der Waals surface area contributed by atoms with Gasteiger partial charge in [0.2, 0.25) is 0 Å². The SMILES string of the molecule is CO[C@H]1C[C@H](O[C@H]2CC[C@@]3(C)[C@@H](CC[C@]4(O)[C@@H]3C[C@@H](OC(=O)/C=C/c3ccccc3)[C@]3(C)[C@H](C(C)=O)CC[C@@]34O)C2)O[C@H](C)[C@H]1O[C@H]1C[C@H](OC)[C@H](O[C@H]2C[C@H](O)[C@H](O[C@H]3C[C@@H](OC)[C@H](O[C@@H]4O[C@H](CO)[C@@H](O)[C@H](O)[C@H]4O)[C@@H](C)O3)[C@@H](C)O2)[C@@H](C)O1. The van der Waals surface area contributed by atoms with E-state index in [1.165, 1.54) is 20.1 Å². The molecule has 5 saturated heterocycles. The van der Waals surface area contributed by atoms with Gasteiger partial charge in [0, 0.05) is 64.4 Å². The van der Waals surface area contributed by atoms with Crippen molar-refractivity contribution in [3.05, 3.63) is 42.0 Å². The van der Waals surface area contributed by atoms with Gasteiger partial charge in [0.05, 0.1) is 67.1 Å². The molecule has 23 heteroatoms. The molecular weight excluding hydrogens is 1120 g/mol. The van der Waals surface area contributed by atoms with Crippen LogP contribution >= 0.6 is 0 Å². The molecule has 7 N–H and O–H groups in total. The van der Waals surface area contributed by atoms with Crippen LogP contribution in [0.25, 0.3) is 6.08 Å². The summed E-state index contributed by atoms with van der Waals surface area (Å²) in [4.78, 5) is 27.0. The average Bonchev–Trinajstić information content (AvgIpc) is 1.30. The molecule has 5 heterocycles. The van der Waals surface area contributed by atoms with Gasteiger partial charge in [-0.3, -0.25) is 4.79 Å². The summed E-state index contributed by atoms with van der Waals surface area (Å²) >= 11 is 0. The van der Waals surface area contributed by atoms with Gasteiger partial charge in [-0.1, -0.05) is 44.2 Å². The predicted molar refractivity (Wildman–Crippen MR) is 302 cm³/mol. The third-order valence-corrected chi connectivity index (χ3v) is 21.8. The average molecular weight is 1220 g/mol. The zero-order valence-electron chi connectivity index (χ0n) is 51.4. The number of fused-ring (bicyclic) bond motifs is 5. The van der Waals surface area contributed by atoms with Crippen molar-refractivity contribution in [1.29, 1.82) is 0 Å². The lowest BCUT2D eigenvalue weighted by Gasteiger charge is -2.68. The second-order valence-corrected chi connectivity index (χ2v) is 26.5. The van der Waals surface area contributed by atoms with Crippen molar-refractivity contribution in [3.63, 3.8) is 0 Å². The summed E-state index contributed by atoms with van der Waals surface area (Å²) in [5.41, 5.74) is -3.95. The lowest BCUT2D eigenvalue weighted by Crippen LogP contribution is -2.76.